The van der Waals surface area contributed by atoms with Gasteiger partial charge in [0.15, 0.2) is 5.82 Å². The maximum Gasteiger partial charge on any atom is 0.223 e. The van der Waals surface area contributed by atoms with Crippen LogP contribution in [0.4, 0.5) is 11.6 Å². The van der Waals surface area contributed by atoms with Crippen LogP contribution in [0, 0.1) is 6.92 Å². The molecule has 8 heteroatoms. The van der Waals surface area contributed by atoms with E-state index in [1.165, 1.54) is 0 Å². The Kier molecular flexibility index (Phi) is 6.53. The molecule has 0 aliphatic carbocycles. The quantitative estimate of drug-likeness (QED) is 0.627. The third-order valence-corrected chi connectivity index (χ3v) is 5.64. The number of morpholine rings is 1. The molecule has 4 rings (SSSR count). The van der Waals surface area contributed by atoms with Gasteiger partial charge in [0, 0.05) is 36.8 Å². The summed E-state index contributed by atoms with van der Waals surface area (Å²) in [7, 11) is 1.90. The number of anilines is 2. The molecule has 1 aliphatic heterocycles. The summed E-state index contributed by atoms with van der Waals surface area (Å²) in [5.41, 5.74) is 2.92. The fourth-order valence-corrected chi connectivity index (χ4v) is 3.82. The van der Waals surface area contributed by atoms with Gasteiger partial charge in [-0.25, -0.2) is 4.98 Å². The second kappa shape index (κ2) is 9.49. The van der Waals surface area contributed by atoms with E-state index >= 15 is 0 Å². The summed E-state index contributed by atoms with van der Waals surface area (Å²) in [5, 5.41) is 8.33. The van der Waals surface area contributed by atoms with Crippen molar-refractivity contribution < 1.29 is 9.53 Å². The number of amides is 1. The number of aryl methyl sites for hydroxylation is 3. The van der Waals surface area contributed by atoms with Crippen molar-refractivity contribution in [3.8, 4) is 0 Å². The largest absolute Gasteiger partial charge is 0.368 e. The standard InChI is InChI=1S/C23H26ClN5O2/c1-16-13-22(27-28(16)2)26-21-8-4-7-19(25-21)20-15-29(11-12-31-20)23(30)10-9-17-5-3-6-18(24)14-17/h3-8,13-14,20H,9-12,15H2,1-2H3,(H,25,26,27)/t20-/m0/s1. The van der Waals surface area contributed by atoms with Crippen molar-refractivity contribution in [2.24, 2.45) is 7.05 Å². The number of carbonyl (C=O) groups is 1. The molecule has 1 N–H and O–H groups in total. The number of rotatable bonds is 6. The van der Waals surface area contributed by atoms with Gasteiger partial charge in [-0.1, -0.05) is 29.8 Å². The van der Waals surface area contributed by atoms with Crippen molar-refractivity contribution in [1.82, 2.24) is 19.7 Å². The van der Waals surface area contributed by atoms with Crippen LogP contribution >= 0.6 is 11.6 Å². The van der Waals surface area contributed by atoms with Gasteiger partial charge >= 0.3 is 0 Å². The number of hydrogen-bond donors (Lipinski definition) is 1. The molecule has 31 heavy (non-hydrogen) atoms. The summed E-state index contributed by atoms with van der Waals surface area (Å²) >= 11 is 6.04. The third-order valence-electron chi connectivity index (χ3n) is 5.41. The van der Waals surface area contributed by atoms with Crippen molar-refractivity contribution in [1.29, 1.82) is 0 Å². The van der Waals surface area contributed by atoms with Crippen LogP contribution in [-0.4, -0.2) is 45.3 Å². The normalized spacial score (nSPS) is 16.4. The van der Waals surface area contributed by atoms with Crippen molar-refractivity contribution in [3.05, 3.63) is 70.5 Å². The van der Waals surface area contributed by atoms with Gasteiger partial charge in [0.25, 0.3) is 0 Å². The van der Waals surface area contributed by atoms with Crippen LogP contribution < -0.4 is 5.32 Å². The molecule has 3 aromatic rings. The van der Waals surface area contributed by atoms with Crippen LogP contribution in [0.2, 0.25) is 5.02 Å². The van der Waals surface area contributed by atoms with E-state index in [1.807, 2.05) is 72.1 Å². The van der Waals surface area contributed by atoms with Crippen LogP contribution in [-0.2, 0) is 23.0 Å². The van der Waals surface area contributed by atoms with E-state index in [4.69, 9.17) is 16.3 Å². The molecule has 1 fully saturated rings. The maximum atomic E-state index is 12.8. The monoisotopic (exact) mass is 439 g/mol. The molecule has 1 atom stereocenters. The molecule has 0 saturated carbocycles. The van der Waals surface area contributed by atoms with Crippen LogP contribution in [0.25, 0.3) is 0 Å². The predicted octanol–water partition coefficient (Wildman–Crippen LogP) is 4.05. The second-order valence-electron chi connectivity index (χ2n) is 7.70. The summed E-state index contributed by atoms with van der Waals surface area (Å²) in [6.07, 6.45) is 0.861. The molecule has 1 saturated heterocycles. The minimum absolute atomic E-state index is 0.117. The Morgan fingerprint density at radius 3 is 2.84 bits per heavy atom. The summed E-state index contributed by atoms with van der Waals surface area (Å²) in [6.45, 7) is 3.58. The van der Waals surface area contributed by atoms with Crippen molar-refractivity contribution in [2.75, 3.05) is 25.0 Å². The number of benzene rings is 1. The number of aromatic nitrogens is 3. The lowest BCUT2D eigenvalue weighted by atomic mass is 10.1. The zero-order valence-corrected chi connectivity index (χ0v) is 18.5. The molecular weight excluding hydrogens is 414 g/mol. The fourth-order valence-electron chi connectivity index (χ4n) is 3.61. The molecule has 0 unspecified atom stereocenters. The number of nitrogens with one attached hydrogen (secondary N) is 1. The van der Waals surface area contributed by atoms with Gasteiger partial charge in [0.05, 0.1) is 18.8 Å². The maximum absolute atomic E-state index is 12.8. The van der Waals surface area contributed by atoms with E-state index in [0.29, 0.717) is 43.4 Å². The van der Waals surface area contributed by atoms with Gasteiger partial charge in [-0.2, -0.15) is 5.10 Å². The summed E-state index contributed by atoms with van der Waals surface area (Å²) in [4.78, 5) is 19.3. The Hall–Kier alpha value is -2.90. The molecule has 1 amide bonds. The lowest BCUT2D eigenvalue weighted by molar-refractivity contribution is -0.139. The summed E-state index contributed by atoms with van der Waals surface area (Å²) < 4.78 is 7.74. The first-order valence-electron chi connectivity index (χ1n) is 10.4. The fraction of sp³-hybridized carbons (Fsp3) is 0.348. The topological polar surface area (TPSA) is 72.3 Å². The highest BCUT2D eigenvalue weighted by molar-refractivity contribution is 6.30. The number of nitrogens with zero attached hydrogens (tertiary/aromatic N) is 4. The van der Waals surface area contributed by atoms with E-state index in [-0.39, 0.29) is 12.0 Å². The molecule has 1 aromatic carbocycles. The molecule has 0 bridgehead atoms. The minimum atomic E-state index is -0.254. The lowest BCUT2D eigenvalue weighted by Crippen LogP contribution is -2.42. The summed E-state index contributed by atoms with van der Waals surface area (Å²) in [5.74, 6) is 1.56. The van der Waals surface area contributed by atoms with Gasteiger partial charge in [-0.15, -0.1) is 0 Å². The highest BCUT2D eigenvalue weighted by Gasteiger charge is 2.26. The molecular formula is C23H26ClN5O2. The minimum Gasteiger partial charge on any atom is -0.368 e. The first-order chi connectivity index (χ1) is 15.0. The van der Waals surface area contributed by atoms with Crippen molar-refractivity contribution in [3.63, 3.8) is 0 Å². The van der Waals surface area contributed by atoms with E-state index in [1.54, 1.807) is 0 Å². The third kappa shape index (κ3) is 5.42. The molecule has 0 radical (unpaired) electrons. The van der Waals surface area contributed by atoms with Crippen LogP contribution in [0.5, 0.6) is 0 Å². The van der Waals surface area contributed by atoms with Gasteiger partial charge in [0.1, 0.15) is 11.9 Å². The van der Waals surface area contributed by atoms with Gasteiger partial charge in [-0.05, 0) is 43.2 Å². The van der Waals surface area contributed by atoms with E-state index < -0.39 is 0 Å². The van der Waals surface area contributed by atoms with Crippen molar-refractivity contribution >= 4 is 29.1 Å². The number of halogens is 1. The molecule has 0 spiro atoms. The Morgan fingerprint density at radius 2 is 2.06 bits per heavy atom. The SMILES string of the molecule is Cc1cc(Nc2cccc([C@@H]3CN(C(=O)CCc4cccc(Cl)c4)CCO3)n2)nn1C. The lowest BCUT2D eigenvalue weighted by Gasteiger charge is -2.33. The summed E-state index contributed by atoms with van der Waals surface area (Å²) in [6, 6.07) is 15.4. The highest BCUT2D eigenvalue weighted by Crippen LogP contribution is 2.24. The molecule has 162 valence electrons. The van der Waals surface area contributed by atoms with E-state index in [2.05, 4.69) is 15.4 Å². The molecule has 1 aliphatic rings. The van der Waals surface area contributed by atoms with Gasteiger partial charge < -0.3 is 15.0 Å². The van der Waals surface area contributed by atoms with Crippen molar-refractivity contribution in [2.45, 2.75) is 25.9 Å². The zero-order chi connectivity index (χ0) is 21.8. The van der Waals surface area contributed by atoms with Crippen LogP contribution in [0.1, 0.15) is 29.5 Å². The van der Waals surface area contributed by atoms with Crippen LogP contribution in [0.15, 0.2) is 48.5 Å². The number of pyridine rings is 1. The number of carbonyl (C=O) groups excluding carboxylic acids is 1. The Bertz CT molecular complexity index is 1050. The molecule has 3 heterocycles. The Balaban J connectivity index is 1.38. The first-order valence-corrected chi connectivity index (χ1v) is 10.7. The van der Waals surface area contributed by atoms with Crippen LogP contribution in [0.3, 0.4) is 0 Å². The van der Waals surface area contributed by atoms with E-state index in [0.717, 1.165) is 22.8 Å². The van der Waals surface area contributed by atoms with Gasteiger partial charge in [-0.3, -0.25) is 9.48 Å². The number of ether oxygens (including phenoxy) is 1. The Labute approximate surface area is 187 Å². The predicted molar refractivity (Wildman–Crippen MR) is 121 cm³/mol. The average Bonchev–Trinajstić information content (AvgIpc) is 3.09. The highest BCUT2D eigenvalue weighted by atomic mass is 35.5. The number of hydrogen-bond acceptors (Lipinski definition) is 5. The first kappa shape index (κ1) is 21.3. The molecule has 2 aromatic heterocycles. The average molecular weight is 440 g/mol. The second-order valence-corrected chi connectivity index (χ2v) is 8.13. The van der Waals surface area contributed by atoms with Gasteiger partial charge in [0.2, 0.25) is 5.91 Å². The molecule has 7 nitrogen and oxygen atoms in total. The van der Waals surface area contributed by atoms with E-state index in [9.17, 15) is 4.79 Å². The smallest absolute Gasteiger partial charge is 0.223 e. The Morgan fingerprint density at radius 1 is 1.23 bits per heavy atom. The zero-order valence-electron chi connectivity index (χ0n) is 17.7.